The third kappa shape index (κ3) is 9.28. The van der Waals surface area contributed by atoms with Crippen LogP contribution in [0.15, 0.2) is 12.1 Å². The number of ether oxygens (including phenoxy) is 3. The molecule has 2 rings (SSSR count). The summed E-state index contributed by atoms with van der Waals surface area (Å²) in [7, 11) is 0. The van der Waals surface area contributed by atoms with Gasteiger partial charge < -0.3 is 24.8 Å². The first-order valence-corrected chi connectivity index (χ1v) is 12.3. The van der Waals surface area contributed by atoms with E-state index in [9.17, 15) is 4.79 Å². The van der Waals surface area contributed by atoms with Crippen molar-refractivity contribution in [2.24, 2.45) is 0 Å². The zero-order valence-corrected chi connectivity index (χ0v) is 19.8. The van der Waals surface area contributed by atoms with E-state index in [2.05, 4.69) is 10.6 Å². The second-order valence-corrected chi connectivity index (χ2v) is 8.16. The number of rotatable bonds is 8. The Balaban J connectivity index is 2.04. The summed E-state index contributed by atoms with van der Waals surface area (Å²) >= 11 is 0. The molecule has 0 aliphatic heterocycles. The van der Waals surface area contributed by atoms with Gasteiger partial charge in [0.15, 0.2) is 11.5 Å². The average Bonchev–Trinajstić information content (AvgIpc) is 2.73. The predicted octanol–water partition coefficient (Wildman–Crippen LogP) is 6.68. The summed E-state index contributed by atoms with van der Waals surface area (Å²) < 4.78 is 17.2. The molecule has 6 heteroatoms. The van der Waals surface area contributed by atoms with E-state index in [-0.39, 0.29) is 12.1 Å². The van der Waals surface area contributed by atoms with E-state index < -0.39 is 0 Å². The molecule has 0 heterocycles. The minimum atomic E-state index is -0.175. The summed E-state index contributed by atoms with van der Waals surface area (Å²) in [5, 5.41) is 6.18. The Morgan fingerprint density at radius 3 is 1.68 bits per heavy atom. The lowest BCUT2D eigenvalue weighted by atomic mass is 9.98. The quantitative estimate of drug-likeness (QED) is 0.479. The lowest BCUT2D eigenvalue weighted by Gasteiger charge is -2.21. The second-order valence-electron chi connectivity index (χ2n) is 8.16. The third-order valence-corrected chi connectivity index (χ3v) is 5.61. The third-order valence-electron chi connectivity index (χ3n) is 5.61. The van der Waals surface area contributed by atoms with Crippen LogP contribution in [-0.2, 0) is 0 Å². The van der Waals surface area contributed by atoms with Crippen molar-refractivity contribution in [1.29, 1.82) is 0 Å². The molecule has 0 spiro atoms. The Bertz CT molecular complexity index is 611. The number of anilines is 1. The Kier molecular flexibility index (Phi) is 12.0. The standard InChI is InChI=1S/C25H42N2O4/c1-4-29-22-18-21(19-23(30-5-2)24(22)31-6-3)27-25(28)26-20-16-14-12-10-8-7-9-11-13-15-17-20/h18-20H,4-17H2,1-3H3,(H2,26,27,28). The zero-order valence-electron chi connectivity index (χ0n) is 19.8. The first-order valence-electron chi connectivity index (χ1n) is 12.3. The van der Waals surface area contributed by atoms with Gasteiger partial charge in [0, 0.05) is 18.2 Å². The molecule has 176 valence electrons. The normalized spacial score (nSPS) is 16.5. The Hall–Kier alpha value is -2.11. The van der Waals surface area contributed by atoms with Crippen LogP contribution in [0.5, 0.6) is 17.2 Å². The summed E-state index contributed by atoms with van der Waals surface area (Å²) in [5.41, 5.74) is 0.640. The number of amides is 2. The molecule has 1 saturated carbocycles. The van der Waals surface area contributed by atoms with Crippen molar-refractivity contribution < 1.29 is 19.0 Å². The van der Waals surface area contributed by atoms with Crippen LogP contribution in [0.4, 0.5) is 10.5 Å². The molecule has 2 N–H and O–H groups in total. The molecule has 1 fully saturated rings. The monoisotopic (exact) mass is 434 g/mol. The molecule has 1 aromatic carbocycles. The number of carbonyl (C=O) groups excluding carboxylic acids is 1. The van der Waals surface area contributed by atoms with Gasteiger partial charge in [-0.1, -0.05) is 57.8 Å². The van der Waals surface area contributed by atoms with Crippen LogP contribution in [0.1, 0.15) is 91.4 Å². The lowest BCUT2D eigenvalue weighted by Crippen LogP contribution is -2.38. The van der Waals surface area contributed by atoms with Gasteiger partial charge in [-0.3, -0.25) is 0 Å². The topological polar surface area (TPSA) is 68.8 Å². The minimum Gasteiger partial charge on any atom is -0.490 e. The van der Waals surface area contributed by atoms with Gasteiger partial charge >= 0.3 is 6.03 Å². The highest BCUT2D eigenvalue weighted by Gasteiger charge is 2.18. The van der Waals surface area contributed by atoms with Crippen LogP contribution in [0.3, 0.4) is 0 Å². The minimum absolute atomic E-state index is 0.175. The predicted molar refractivity (Wildman–Crippen MR) is 127 cm³/mol. The van der Waals surface area contributed by atoms with Gasteiger partial charge in [-0.15, -0.1) is 0 Å². The Morgan fingerprint density at radius 2 is 1.23 bits per heavy atom. The first kappa shape index (κ1) is 25.2. The van der Waals surface area contributed by atoms with Crippen LogP contribution in [0.2, 0.25) is 0 Å². The number of hydrogen-bond donors (Lipinski definition) is 2. The van der Waals surface area contributed by atoms with Crippen LogP contribution < -0.4 is 24.8 Å². The summed E-state index contributed by atoms with van der Waals surface area (Å²) in [5.74, 6) is 1.74. The van der Waals surface area contributed by atoms with Crippen LogP contribution in [0, 0.1) is 0 Å². The highest BCUT2D eigenvalue weighted by molar-refractivity contribution is 5.90. The van der Waals surface area contributed by atoms with Crippen LogP contribution in [-0.4, -0.2) is 31.9 Å². The van der Waals surface area contributed by atoms with E-state index >= 15 is 0 Å². The highest BCUT2D eigenvalue weighted by atomic mass is 16.5. The van der Waals surface area contributed by atoms with Crippen LogP contribution in [0.25, 0.3) is 0 Å². The van der Waals surface area contributed by atoms with E-state index in [4.69, 9.17) is 14.2 Å². The summed E-state index contributed by atoms with van der Waals surface area (Å²) in [6.45, 7) is 7.29. The first-order chi connectivity index (χ1) is 15.2. The molecule has 31 heavy (non-hydrogen) atoms. The van der Waals surface area contributed by atoms with E-state index in [0.717, 1.165) is 12.8 Å². The molecule has 0 radical (unpaired) electrons. The van der Waals surface area contributed by atoms with E-state index in [1.807, 2.05) is 20.8 Å². The fraction of sp³-hybridized carbons (Fsp3) is 0.720. The van der Waals surface area contributed by atoms with E-state index in [0.29, 0.717) is 42.8 Å². The molecule has 0 saturated heterocycles. The molecule has 0 bridgehead atoms. The van der Waals surface area contributed by atoms with Gasteiger partial charge in [0.25, 0.3) is 0 Å². The van der Waals surface area contributed by atoms with Crippen LogP contribution >= 0.6 is 0 Å². The molecule has 0 atom stereocenters. The number of hydrogen-bond acceptors (Lipinski definition) is 4. The van der Waals surface area contributed by atoms with Gasteiger partial charge in [-0.25, -0.2) is 4.79 Å². The van der Waals surface area contributed by atoms with Crippen molar-refractivity contribution >= 4 is 11.7 Å². The maximum absolute atomic E-state index is 12.8. The molecule has 0 aromatic heterocycles. The SMILES string of the molecule is CCOc1cc(NC(=O)NC2CCCCCCCCCCC2)cc(OCC)c1OCC. The number of benzene rings is 1. The summed E-state index contributed by atoms with van der Waals surface area (Å²) in [6, 6.07) is 3.65. The fourth-order valence-corrected chi connectivity index (χ4v) is 4.12. The average molecular weight is 435 g/mol. The zero-order chi connectivity index (χ0) is 22.3. The lowest BCUT2D eigenvalue weighted by molar-refractivity contribution is 0.246. The molecular weight excluding hydrogens is 392 g/mol. The van der Waals surface area contributed by atoms with Crippen molar-refractivity contribution in [3.8, 4) is 17.2 Å². The highest BCUT2D eigenvalue weighted by Crippen LogP contribution is 2.40. The van der Waals surface area contributed by atoms with Crippen molar-refractivity contribution in [2.45, 2.75) is 97.4 Å². The van der Waals surface area contributed by atoms with Gasteiger partial charge in [-0.05, 0) is 33.6 Å². The molecule has 1 aromatic rings. The molecule has 1 aliphatic rings. The van der Waals surface area contributed by atoms with Gasteiger partial charge in [0.1, 0.15) is 0 Å². The number of nitrogens with one attached hydrogen (secondary N) is 2. The Morgan fingerprint density at radius 1 is 0.774 bits per heavy atom. The maximum atomic E-state index is 12.8. The van der Waals surface area contributed by atoms with Crippen molar-refractivity contribution in [1.82, 2.24) is 5.32 Å². The smallest absolute Gasteiger partial charge is 0.319 e. The number of carbonyl (C=O) groups is 1. The van der Waals surface area contributed by atoms with Crippen molar-refractivity contribution in [3.05, 3.63) is 12.1 Å². The molecule has 2 amide bonds. The summed E-state index contributed by atoms with van der Waals surface area (Å²) in [6.07, 6.45) is 13.7. The van der Waals surface area contributed by atoms with Crippen molar-refractivity contribution in [3.63, 3.8) is 0 Å². The maximum Gasteiger partial charge on any atom is 0.319 e. The van der Waals surface area contributed by atoms with E-state index in [1.165, 1.54) is 57.8 Å². The van der Waals surface area contributed by atoms with Gasteiger partial charge in [-0.2, -0.15) is 0 Å². The molecule has 1 aliphatic carbocycles. The second kappa shape index (κ2) is 14.8. The molecule has 6 nitrogen and oxygen atoms in total. The summed E-state index contributed by atoms with van der Waals surface area (Å²) in [4.78, 5) is 12.8. The molecule has 0 unspecified atom stereocenters. The fourth-order valence-electron chi connectivity index (χ4n) is 4.12. The number of urea groups is 1. The van der Waals surface area contributed by atoms with Gasteiger partial charge in [0.05, 0.1) is 25.5 Å². The van der Waals surface area contributed by atoms with Gasteiger partial charge in [0.2, 0.25) is 5.75 Å². The Labute approximate surface area is 188 Å². The van der Waals surface area contributed by atoms with E-state index in [1.54, 1.807) is 12.1 Å². The van der Waals surface area contributed by atoms with Crippen molar-refractivity contribution in [2.75, 3.05) is 25.1 Å². The molecular formula is C25H42N2O4. The largest absolute Gasteiger partial charge is 0.490 e.